The van der Waals surface area contributed by atoms with E-state index in [1.165, 1.54) is 12.8 Å². The maximum absolute atomic E-state index is 6.35. The SMILES string of the molecule is NC1=C(Cl)C(Oc2ccccn2)CC=C1N(N)CC1CC1. The van der Waals surface area contributed by atoms with Crippen molar-refractivity contribution in [2.45, 2.75) is 25.4 Å². The average Bonchev–Trinajstić information content (AvgIpc) is 3.29. The molecule has 1 heterocycles. The van der Waals surface area contributed by atoms with Crippen molar-refractivity contribution in [2.24, 2.45) is 17.5 Å². The molecular weight excluding hydrogens is 288 g/mol. The number of rotatable bonds is 5. The second-order valence-electron chi connectivity index (χ2n) is 5.46. The molecule has 0 aromatic carbocycles. The van der Waals surface area contributed by atoms with E-state index in [2.05, 4.69) is 4.98 Å². The van der Waals surface area contributed by atoms with Gasteiger partial charge in [0.15, 0.2) is 0 Å². The molecule has 0 aliphatic heterocycles. The quantitative estimate of drug-likeness (QED) is 0.643. The van der Waals surface area contributed by atoms with E-state index < -0.39 is 0 Å². The third-order valence-electron chi connectivity index (χ3n) is 3.70. The number of nitrogens with two attached hydrogens (primary N) is 2. The minimum atomic E-state index is -0.306. The van der Waals surface area contributed by atoms with E-state index in [1.807, 2.05) is 18.2 Å². The predicted octanol–water partition coefficient (Wildman–Crippen LogP) is 2.11. The molecule has 2 aliphatic carbocycles. The Balaban J connectivity index is 1.69. The number of aromatic nitrogens is 1. The van der Waals surface area contributed by atoms with Crippen LogP contribution in [0.25, 0.3) is 0 Å². The molecule has 1 unspecified atom stereocenters. The third-order valence-corrected chi connectivity index (χ3v) is 4.15. The van der Waals surface area contributed by atoms with E-state index in [0.29, 0.717) is 28.9 Å². The third kappa shape index (κ3) is 3.31. The summed E-state index contributed by atoms with van der Waals surface area (Å²) in [5, 5.41) is 2.19. The summed E-state index contributed by atoms with van der Waals surface area (Å²) in [7, 11) is 0. The lowest BCUT2D eigenvalue weighted by Gasteiger charge is -2.29. The summed E-state index contributed by atoms with van der Waals surface area (Å²) in [6.45, 7) is 0.822. The lowest BCUT2D eigenvalue weighted by atomic mass is 10.1. The molecule has 1 fully saturated rings. The second kappa shape index (κ2) is 5.95. The lowest BCUT2D eigenvalue weighted by Crippen LogP contribution is -2.37. The Morgan fingerprint density at radius 3 is 2.86 bits per heavy atom. The molecular formula is C15H19ClN4O. The standard InChI is InChI=1S/C15H19ClN4O/c16-14-12(21-13-3-1-2-8-19-13)7-6-11(15(14)17)20(18)9-10-4-5-10/h1-3,6,8,10,12H,4-5,7,9,17-18H2. The van der Waals surface area contributed by atoms with Crippen molar-refractivity contribution in [3.63, 3.8) is 0 Å². The molecule has 0 saturated heterocycles. The Bertz CT molecular complexity index is 568. The van der Waals surface area contributed by atoms with Crippen LogP contribution in [-0.4, -0.2) is 22.6 Å². The Morgan fingerprint density at radius 1 is 1.38 bits per heavy atom. The van der Waals surface area contributed by atoms with Gasteiger partial charge in [0.25, 0.3) is 0 Å². The van der Waals surface area contributed by atoms with Crippen LogP contribution in [0.4, 0.5) is 0 Å². The van der Waals surface area contributed by atoms with Crippen LogP contribution in [-0.2, 0) is 0 Å². The number of ether oxygens (including phenoxy) is 1. The fourth-order valence-electron chi connectivity index (χ4n) is 2.34. The molecule has 3 rings (SSSR count). The highest BCUT2D eigenvalue weighted by Crippen LogP contribution is 2.33. The molecule has 0 amide bonds. The van der Waals surface area contributed by atoms with Gasteiger partial charge in [-0.3, -0.25) is 0 Å². The van der Waals surface area contributed by atoms with Gasteiger partial charge in [0.05, 0.1) is 16.4 Å². The fraction of sp³-hybridized carbons (Fsp3) is 0.400. The monoisotopic (exact) mass is 306 g/mol. The van der Waals surface area contributed by atoms with Crippen molar-refractivity contribution >= 4 is 11.6 Å². The van der Waals surface area contributed by atoms with Gasteiger partial charge in [-0.05, 0) is 24.8 Å². The predicted molar refractivity (Wildman–Crippen MR) is 82.0 cm³/mol. The van der Waals surface area contributed by atoms with Gasteiger partial charge < -0.3 is 15.5 Å². The zero-order chi connectivity index (χ0) is 14.8. The molecule has 6 heteroatoms. The first-order valence-electron chi connectivity index (χ1n) is 7.10. The molecule has 21 heavy (non-hydrogen) atoms. The van der Waals surface area contributed by atoms with Crippen LogP contribution < -0.4 is 16.3 Å². The average molecular weight is 307 g/mol. The van der Waals surface area contributed by atoms with E-state index >= 15 is 0 Å². The Morgan fingerprint density at radius 2 is 2.19 bits per heavy atom. The number of nitrogens with zero attached hydrogens (tertiary/aromatic N) is 2. The summed E-state index contributed by atoms with van der Waals surface area (Å²) in [6, 6.07) is 5.49. The molecule has 1 atom stereocenters. The van der Waals surface area contributed by atoms with E-state index in [0.717, 1.165) is 12.2 Å². The normalized spacial score (nSPS) is 22.0. The van der Waals surface area contributed by atoms with Gasteiger partial charge in [-0.15, -0.1) is 0 Å². The highest BCUT2D eigenvalue weighted by atomic mass is 35.5. The maximum atomic E-state index is 6.35. The zero-order valence-corrected chi connectivity index (χ0v) is 12.5. The molecule has 1 saturated carbocycles. The molecule has 0 radical (unpaired) electrons. The summed E-state index contributed by atoms with van der Waals surface area (Å²) in [6.07, 6.45) is 6.46. The van der Waals surface area contributed by atoms with Gasteiger partial charge in [0, 0.05) is 25.2 Å². The largest absolute Gasteiger partial charge is 0.468 e. The number of hydrazine groups is 1. The summed E-state index contributed by atoms with van der Waals surface area (Å²) in [5.74, 6) is 7.30. The van der Waals surface area contributed by atoms with Crippen molar-refractivity contribution in [1.82, 2.24) is 9.99 Å². The summed E-state index contributed by atoms with van der Waals surface area (Å²) in [4.78, 5) is 4.13. The first-order chi connectivity index (χ1) is 10.1. The van der Waals surface area contributed by atoms with Crippen molar-refractivity contribution in [3.8, 4) is 5.88 Å². The van der Waals surface area contributed by atoms with Crippen LogP contribution in [0.3, 0.4) is 0 Å². The highest BCUT2D eigenvalue weighted by Gasteiger charge is 2.29. The lowest BCUT2D eigenvalue weighted by molar-refractivity contribution is 0.231. The van der Waals surface area contributed by atoms with Crippen LogP contribution in [0.15, 0.2) is 46.9 Å². The molecule has 0 bridgehead atoms. The molecule has 4 N–H and O–H groups in total. The van der Waals surface area contributed by atoms with Gasteiger partial charge in [-0.25, -0.2) is 10.8 Å². The number of hydrogen-bond donors (Lipinski definition) is 2. The highest BCUT2D eigenvalue weighted by molar-refractivity contribution is 6.30. The number of hydrogen-bond acceptors (Lipinski definition) is 5. The van der Waals surface area contributed by atoms with Gasteiger partial charge in [-0.2, -0.15) is 0 Å². The van der Waals surface area contributed by atoms with Gasteiger partial charge >= 0.3 is 0 Å². The first kappa shape index (κ1) is 14.2. The zero-order valence-electron chi connectivity index (χ0n) is 11.7. The first-order valence-corrected chi connectivity index (χ1v) is 7.48. The second-order valence-corrected chi connectivity index (χ2v) is 5.86. The maximum Gasteiger partial charge on any atom is 0.213 e. The van der Waals surface area contributed by atoms with Gasteiger partial charge in [0.2, 0.25) is 5.88 Å². The summed E-state index contributed by atoms with van der Waals surface area (Å²) >= 11 is 6.35. The van der Waals surface area contributed by atoms with Crippen LogP contribution >= 0.6 is 11.6 Å². The molecule has 1 aromatic heterocycles. The summed E-state index contributed by atoms with van der Waals surface area (Å²) in [5.41, 5.74) is 7.41. The Labute approximate surface area is 129 Å². The smallest absolute Gasteiger partial charge is 0.213 e. The number of pyridine rings is 1. The topological polar surface area (TPSA) is 77.4 Å². The molecule has 2 aliphatic rings. The Hall–Kier alpha value is -1.72. The van der Waals surface area contributed by atoms with Crippen LogP contribution in [0.1, 0.15) is 19.3 Å². The molecule has 1 aromatic rings. The van der Waals surface area contributed by atoms with E-state index in [9.17, 15) is 0 Å². The van der Waals surface area contributed by atoms with Crippen LogP contribution in [0, 0.1) is 5.92 Å². The van der Waals surface area contributed by atoms with Crippen molar-refractivity contribution in [3.05, 3.63) is 46.9 Å². The van der Waals surface area contributed by atoms with Crippen molar-refractivity contribution < 1.29 is 4.74 Å². The van der Waals surface area contributed by atoms with Gasteiger partial charge in [-0.1, -0.05) is 23.7 Å². The van der Waals surface area contributed by atoms with Crippen LogP contribution in [0.5, 0.6) is 5.88 Å². The van der Waals surface area contributed by atoms with Crippen molar-refractivity contribution in [1.29, 1.82) is 0 Å². The molecule has 5 nitrogen and oxygen atoms in total. The van der Waals surface area contributed by atoms with Crippen LogP contribution in [0.2, 0.25) is 0 Å². The minimum absolute atomic E-state index is 0.306. The van der Waals surface area contributed by atoms with Crippen molar-refractivity contribution in [2.75, 3.05) is 6.54 Å². The minimum Gasteiger partial charge on any atom is -0.468 e. The fourth-order valence-corrected chi connectivity index (χ4v) is 2.57. The van der Waals surface area contributed by atoms with Gasteiger partial charge in [0.1, 0.15) is 6.10 Å². The van der Waals surface area contributed by atoms with E-state index in [4.69, 9.17) is 27.9 Å². The van der Waals surface area contributed by atoms with E-state index in [-0.39, 0.29) is 6.10 Å². The summed E-state index contributed by atoms with van der Waals surface area (Å²) < 4.78 is 5.77. The molecule has 112 valence electrons. The van der Waals surface area contributed by atoms with E-state index in [1.54, 1.807) is 17.3 Å². The number of halogens is 1. The molecule has 0 spiro atoms. The Kier molecular flexibility index (Phi) is 4.03.